The number of carbonyl (C=O) groups excluding carboxylic acids is 2. The Labute approximate surface area is 190 Å². The van der Waals surface area contributed by atoms with Gasteiger partial charge in [-0.2, -0.15) is 5.10 Å². The lowest BCUT2D eigenvalue weighted by atomic mass is 9.90. The van der Waals surface area contributed by atoms with Gasteiger partial charge in [-0.1, -0.05) is 30.3 Å². The van der Waals surface area contributed by atoms with Crippen LogP contribution in [0.3, 0.4) is 0 Å². The molecular formula is C25H34N4O3. The van der Waals surface area contributed by atoms with E-state index in [-0.39, 0.29) is 12.0 Å². The van der Waals surface area contributed by atoms with Crippen LogP contribution >= 0.6 is 0 Å². The van der Waals surface area contributed by atoms with Crippen molar-refractivity contribution in [2.75, 3.05) is 19.6 Å². The number of piperidine rings is 1. The van der Waals surface area contributed by atoms with Crippen LogP contribution in [0.4, 0.5) is 4.79 Å². The minimum Gasteiger partial charge on any atom is -0.444 e. The Morgan fingerprint density at radius 1 is 1.06 bits per heavy atom. The van der Waals surface area contributed by atoms with Gasteiger partial charge in [-0.05, 0) is 51.5 Å². The van der Waals surface area contributed by atoms with E-state index in [2.05, 4.69) is 29.4 Å². The van der Waals surface area contributed by atoms with Crippen LogP contribution in [0.1, 0.15) is 60.9 Å². The Morgan fingerprint density at radius 2 is 1.75 bits per heavy atom. The van der Waals surface area contributed by atoms with E-state index in [0.29, 0.717) is 31.1 Å². The second kappa shape index (κ2) is 8.96. The second-order valence-corrected chi connectivity index (χ2v) is 9.97. The van der Waals surface area contributed by atoms with Gasteiger partial charge in [0.25, 0.3) is 5.91 Å². The highest BCUT2D eigenvalue weighted by molar-refractivity contribution is 5.94. The summed E-state index contributed by atoms with van der Waals surface area (Å²) in [6.07, 6.45) is 3.39. The van der Waals surface area contributed by atoms with E-state index >= 15 is 0 Å². The van der Waals surface area contributed by atoms with Crippen LogP contribution in [-0.4, -0.2) is 56.8 Å². The molecule has 0 unspecified atom stereocenters. The summed E-state index contributed by atoms with van der Waals surface area (Å²) in [6, 6.07) is 10.6. The second-order valence-electron chi connectivity index (χ2n) is 9.97. The highest BCUT2D eigenvalue weighted by atomic mass is 16.6. The number of ether oxygens (including phenoxy) is 1. The maximum Gasteiger partial charge on any atom is 0.410 e. The first-order valence-electron chi connectivity index (χ1n) is 11.6. The monoisotopic (exact) mass is 438 g/mol. The molecule has 2 amide bonds. The molecule has 1 fully saturated rings. The van der Waals surface area contributed by atoms with Crippen LogP contribution in [0, 0.1) is 5.92 Å². The Hall–Kier alpha value is -2.83. The standard InChI is InChI=1S/C25H34N4O3/c1-25(2,3)32-24(31)29-15-12-21-20(17-29)22(26-27(21)4)23(30)28-13-10-19(11-14-28)16-18-8-6-5-7-9-18/h5-9,19H,10-17H2,1-4H3. The maximum absolute atomic E-state index is 13.4. The van der Waals surface area contributed by atoms with E-state index in [9.17, 15) is 9.59 Å². The summed E-state index contributed by atoms with van der Waals surface area (Å²) in [6.45, 7) is 8.01. The lowest BCUT2D eigenvalue weighted by Gasteiger charge is -2.33. The summed E-state index contributed by atoms with van der Waals surface area (Å²) in [5.74, 6) is 0.577. The number of nitrogens with zero attached hydrogens (tertiary/aromatic N) is 4. The van der Waals surface area contributed by atoms with E-state index in [4.69, 9.17) is 4.74 Å². The number of likely N-dealkylation sites (tertiary alicyclic amines) is 1. The molecule has 2 aliphatic rings. The van der Waals surface area contributed by atoms with Crippen molar-refractivity contribution in [3.63, 3.8) is 0 Å². The molecule has 1 aromatic carbocycles. The van der Waals surface area contributed by atoms with Gasteiger partial charge >= 0.3 is 6.09 Å². The van der Waals surface area contributed by atoms with Gasteiger partial charge in [-0.3, -0.25) is 9.48 Å². The quantitative estimate of drug-likeness (QED) is 0.731. The minimum absolute atomic E-state index is 0.0222. The smallest absolute Gasteiger partial charge is 0.410 e. The highest BCUT2D eigenvalue weighted by Crippen LogP contribution is 2.27. The summed E-state index contributed by atoms with van der Waals surface area (Å²) >= 11 is 0. The van der Waals surface area contributed by atoms with Gasteiger partial charge in [0, 0.05) is 44.4 Å². The fourth-order valence-corrected chi connectivity index (χ4v) is 4.68. The molecule has 7 heteroatoms. The molecule has 7 nitrogen and oxygen atoms in total. The first-order chi connectivity index (χ1) is 15.2. The molecule has 2 aliphatic heterocycles. The van der Waals surface area contributed by atoms with Crippen LogP contribution in [0.5, 0.6) is 0 Å². The Morgan fingerprint density at radius 3 is 2.41 bits per heavy atom. The van der Waals surface area contributed by atoms with Gasteiger partial charge in [0.15, 0.2) is 5.69 Å². The van der Waals surface area contributed by atoms with Gasteiger partial charge in [0.05, 0.1) is 6.54 Å². The zero-order valence-electron chi connectivity index (χ0n) is 19.6. The number of hydrogen-bond acceptors (Lipinski definition) is 4. The molecule has 3 heterocycles. The lowest BCUT2D eigenvalue weighted by Crippen LogP contribution is -2.42. The van der Waals surface area contributed by atoms with Gasteiger partial charge in [-0.25, -0.2) is 4.79 Å². The summed E-state index contributed by atoms with van der Waals surface area (Å²) in [5.41, 5.74) is 3.19. The van der Waals surface area contributed by atoms with Gasteiger partial charge in [0.1, 0.15) is 5.60 Å². The maximum atomic E-state index is 13.4. The molecule has 0 spiro atoms. The number of rotatable bonds is 3. The minimum atomic E-state index is -0.547. The third kappa shape index (κ3) is 4.97. The molecule has 1 aromatic heterocycles. The van der Waals surface area contributed by atoms with Crippen molar-refractivity contribution in [1.29, 1.82) is 0 Å². The molecule has 0 aliphatic carbocycles. The van der Waals surface area contributed by atoms with Crippen molar-refractivity contribution < 1.29 is 14.3 Å². The fourth-order valence-electron chi connectivity index (χ4n) is 4.68. The number of carbonyl (C=O) groups is 2. The van der Waals surface area contributed by atoms with Crippen molar-refractivity contribution in [2.45, 2.75) is 58.6 Å². The van der Waals surface area contributed by atoms with Crippen LogP contribution in [0.15, 0.2) is 30.3 Å². The number of benzene rings is 1. The van der Waals surface area contributed by atoms with Crippen molar-refractivity contribution in [1.82, 2.24) is 19.6 Å². The normalized spacial score (nSPS) is 17.2. The van der Waals surface area contributed by atoms with Crippen LogP contribution in [0.25, 0.3) is 0 Å². The van der Waals surface area contributed by atoms with Crippen molar-refractivity contribution in [3.05, 3.63) is 52.8 Å². The van der Waals surface area contributed by atoms with Gasteiger partial charge in [-0.15, -0.1) is 0 Å². The SMILES string of the molecule is Cn1nc(C(=O)N2CCC(Cc3ccccc3)CC2)c2c1CCN(C(=O)OC(C)(C)C)C2. The highest BCUT2D eigenvalue weighted by Gasteiger charge is 2.34. The van der Waals surface area contributed by atoms with Crippen molar-refractivity contribution >= 4 is 12.0 Å². The fraction of sp³-hybridized carbons (Fsp3) is 0.560. The first-order valence-corrected chi connectivity index (χ1v) is 11.6. The van der Waals surface area contributed by atoms with Gasteiger partial charge in [0.2, 0.25) is 0 Å². The third-order valence-corrected chi connectivity index (χ3v) is 6.37. The number of aromatic nitrogens is 2. The molecule has 0 saturated carbocycles. The zero-order valence-corrected chi connectivity index (χ0v) is 19.6. The number of fused-ring (bicyclic) bond motifs is 1. The molecule has 0 bridgehead atoms. The molecule has 0 radical (unpaired) electrons. The largest absolute Gasteiger partial charge is 0.444 e. The number of hydrogen-bond donors (Lipinski definition) is 0. The molecule has 0 N–H and O–H groups in total. The van der Waals surface area contributed by atoms with Crippen molar-refractivity contribution in [3.8, 4) is 0 Å². The predicted molar refractivity (Wildman–Crippen MR) is 122 cm³/mol. The Kier molecular flexibility index (Phi) is 6.26. The summed E-state index contributed by atoms with van der Waals surface area (Å²) in [4.78, 5) is 29.6. The van der Waals surface area contributed by atoms with Crippen LogP contribution in [-0.2, 0) is 31.2 Å². The number of amides is 2. The first kappa shape index (κ1) is 22.4. The van der Waals surface area contributed by atoms with E-state index in [1.165, 1.54) is 5.56 Å². The van der Waals surface area contributed by atoms with Crippen LogP contribution in [0.2, 0.25) is 0 Å². The lowest BCUT2D eigenvalue weighted by molar-refractivity contribution is 0.0221. The molecule has 2 aromatic rings. The Bertz CT molecular complexity index is 969. The van der Waals surface area contributed by atoms with E-state index in [0.717, 1.165) is 43.6 Å². The molecular weight excluding hydrogens is 404 g/mol. The average molecular weight is 439 g/mol. The third-order valence-electron chi connectivity index (χ3n) is 6.37. The number of aryl methyl sites for hydroxylation is 1. The zero-order chi connectivity index (χ0) is 22.9. The van der Waals surface area contributed by atoms with E-state index in [1.54, 1.807) is 9.58 Å². The van der Waals surface area contributed by atoms with E-state index < -0.39 is 5.60 Å². The topological polar surface area (TPSA) is 67.7 Å². The Balaban J connectivity index is 1.42. The average Bonchev–Trinajstić information content (AvgIpc) is 3.09. The molecule has 1 saturated heterocycles. The molecule has 32 heavy (non-hydrogen) atoms. The summed E-state index contributed by atoms with van der Waals surface area (Å²) in [5, 5.41) is 4.57. The molecule has 4 rings (SSSR count). The molecule has 172 valence electrons. The predicted octanol–water partition coefficient (Wildman–Crippen LogP) is 3.81. The van der Waals surface area contributed by atoms with Crippen molar-refractivity contribution in [2.24, 2.45) is 13.0 Å². The van der Waals surface area contributed by atoms with Gasteiger partial charge < -0.3 is 14.5 Å². The van der Waals surface area contributed by atoms with Crippen LogP contribution < -0.4 is 0 Å². The molecule has 0 atom stereocenters. The van der Waals surface area contributed by atoms with E-state index in [1.807, 2.05) is 38.8 Å². The summed E-state index contributed by atoms with van der Waals surface area (Å²) in [7, 11) is 1.88. The summed E-state index contributed by atoms with van der Waals surface area (Å²) < 4.78 is 7.34.